The van der Waals surface area contributed by atoms with E-state index < -0.39 is 10.0 Å². The summed E-state index contributed by atoms with van der Waals surface area (Å²) in [4.78, 5) is 12.6. The van der Waals surface area contributed by atoms with Crippen molar-refractivity contribution in [3.8, 4) is 0 Å². The van der Waals surface area contributed by atoms with Gasteiger partial charge in [0, 0.05) is 11.4 Å². The lowest BCUT2D eigenvalue weighted by Crippen LogP contribution is -2.43. The molecule has 1 amide bonds. The zero-order chi connectivity index (χ0) is 19.4. The van der Waals surface area contributed by atoms with Crippen LogP contribution in [-0.4, -0.2) is 26.9 Å². The van der Waals surface area contributed by atoms with E-state index in [0.29, 0.717) is 16.9 Å². The van der Waals surface area contributed by atoms with Gasteiger partial charge in [0.15, 0.2) is 0 Å². The number of benzene rings is 2. The summed E-state index contributed by atoms with van der Waals surface area (Å²) in [6, 6.07) is 11.9. The van der Waals surface area contributed by atoms with Gasteiger partial charge in [-0.1, -0.05) is 24.6 Å². The van der Waals surface area contributed by atoms with Crippen LogP contribution in [0, 0.1) is 13.8 Å². The van der Waals surface area contributed by atoms with Crippen LogP contribution in [0.3, 0.4) is 0 Å². The first-order valence-corrected chi connectivity index (χ1v) is 10.6. The maximum atomic E-state index is 12.8. The van der Waals surface area contributed by atoms with Crippen molar-refractivity contribution in [3.63, 3.8) is 0 Å². The fourth-order valence-corrected chi connectivity index (χ4v) is 4.51. The van der Waals surface area contributed by atoms with E-state index in [1.165, 1.54) is 6.07 Å². The first kappa shape index (κ1) is 22.2. The van der Waals surface area contributed by atoms with Crippen LogP contribution in [0.25, 0.3) is 0 Å². The molecule has 6 nitrogen and oxygen atoms in total. The van der Waals surface area contributed by atoms with Gasteiger partial charge in [-0.3, -0.25) is 9.52 Å². The Kier molecular flexibility index (Phi) is 7.46. The van der Waals surface area contributed by atoms with E-state index in [1.54, 1.807) is 37.3 Å². The summed E-state index contributed by atoms with van der Waals surface area (Å²) < 4.78 is 28.3. The number of hydrogen-bond donors (Lipinski definition) is 3. The standard InChI is InChI=1S/C20H25N3O3S.ClH/c1-14-6-5-7-17(12-14)23-27(25,26)19-13-16(10-9-15(19)2)22-20(24)18-8-3-4-11-21-18;/h5-7,9-10,12-13,18,21,23H,3-4,8,11H2,1-2H3,(H,22,24);1H. The number of anilines is 2. The Morgan fingerprint density at radius 1 is 1.07 bits per heavy atom. The molecule has 1 saturated heterocycles. The van der Waals surface area contributed by atoms with Gasteiger partial charge in [0.1, 0.15) is 0 Å². The number of carbonyl (C=O) groups excluding carboxylic acids is 1. The molecule has 28 heavy (non-hydrogen) atoms. The molecule has 1 heterocycles. The van der Waals surface area contributed by atoms with Crippen LogP contribution in [-0.2, 0) is 14.8 Å². The smallest absolute Gasteiger partial charge is 0.262 e. The zero-order valence-electron chi connectivity index (χ0n) is 16.0. The Balaban J connectivity index is 0.00000280. The summed E-state index contributed by atoms with van der Waals surface area (Å²) >= 11 is 0. The van der Waals surface area contributed by atoms with Crippen LogP contribution < -0.4 is 15.4 Å². The highest BCUT2D eigenvalue weighted by molar-refractivity contribution is 7.92. The normalized spacial score (nSPS) is 16.7. The number of aryl methyl sites for hydroxylation is 2. The average molecular weight is 424 g/mol. The molecule has 0 aromatic heterocycles. The lowest BCUT2D eigenvalue weighted by molar-refractivity contribution is -0.118. The molecule has 3 rings (SSSR count). The predicted octanol–water partition coefficient (Wildman–Crippen LogP) is 3.61. The summed E-state index contributed by atoms with van der Waals surface area (Å²) in [6.07, 6.45) is 2.87. The second kappa shape index (κ2) is 9.41. The third kappa shape index (κ3) is 5.47. The molecule has 1 fully saturated rings. The van der Waals surface area contributed by atoms with Crippen LogP contribution in [0.1, 0.15) is 30.4 Å². The first-order valence-electron chi connectivity index (χ1n) is 9.09. The Bertz CT molecular complexity index is 941. The maximum absolute atomic E-state index is 12.8. The highest BCUT2D eigenvalue weighted by atomic mass is 35.5. The number of carbonyl (C=O) groups is 1. The van der Waals surface area contributed by atoms with Crippen molar-refractivity contribution in [1.82, 2.24) is 5.32 Å². The first-order chi connectivity index (χ1) is 12.8. The van der Waals surface area contributed by atoms with Crippen molar-refractivity contribution in [2.75, 3.05) is 16.6 Å². The van der Waals surface area contributed by atoms with E-state index >= 15 is 0 Å². The van der Waals surface area contributed by atoms with Crippen molar-refractivity contribution < 1.29 is 13.2 Å². The Labute approximate surface area is 172 Å². The van der Waals surface area contributed by atoms with Crippen LogP contribution in [0.4, 0.5) is 11.4 Å². The van der Waals surface area contributed by atoms with Crippen LogP contribution in [0.2, 0.25) is 0 Å². The second-order valence-corrected chi connectivity index (χ2v) is 8.60. The Hall–Kier alpha value is -2.09. The molecule has 2 aromatic carbocycles. The van der Waals surface area contributed by atoms with Gasteiger partial charge in [-0.25, -0.2) is 8.42 Å². The lowest BCUT2D eigenvalue weighted by Gasteiger charge is -2.22. The fourth-order valence-electron chi connectivity index (χ4n) is 3.19. The number of hydrogen-bond acceptors (Lipinski definition) is 4. The molecule has 0 aliphatic carbocycles. The molecule has 0 bridgehead atoms. The number of sulfonamides is 1. The molecule has 0 spiro atoms. The third-order valence-corrected chi connectivity index (χ3v) is 6.17. The number of halogens is 1. The van der Waals surface area contributed by atoms with Gasteiger partial charge >= 0.3 is 0 Å². The Morgan fingerprint density at radius 2 is 1.86 bits per heavy atom. The predicted molar refractivity (Wildman–Crippen MR) is 115 cm³/mol. The average Bonchev–Trinajstić information content (AvgIpc) is 2.63. The van der Waals surface area contributed by atoms with E-state index in [0.717, 1.165) is 31.4 Å². The topological polar surface area (TPSA) is 87.3 Å². The summed E-state index contributed by atoms with van der Waals surface area (Å²) in [5.41, 5.74) is 2.56. The SMILES string of the molecule is Cc1cccc(NS(=O)(=O)c2cc(NC(=O)C3CCCCN3)ccc2C)c1.Cl. The van der Waals surface area contributed by atoms with Gasteiger partial charge in [0.05, 0.1) is 10.9 Å². The van der Waals surface area contributed by atoms with Gasteiger partial charge in [-0.05, 0) is 68.6 Å². The Morgan fingerprint density at radius 3 is 2.54 bits per heavy atom. The van der Waals surface area contributed by atoms with Crippen LogP contribution in [0.15, 0.2) is 47.4 Å². The van der Waals surface area contributed by atoms with E-state index in [2.05, 4.69) is 15.4 Å². The second-order valence-electron chi connectivity index (χ2n) is 6.95. The van der Waals surface area contributed by atoms with E-state index in [-0.39, 0.29) is 29.3 Å². The molecule has 1 aliphatic rings. The molecule has 2 aromatic rings. The number of piperidine rings is 1. The lowest BCUT2D eigenvalue weighted by atomic mass is 10.0. The minimum atomic E-state index is -3.76. The van der Waals surface area contributed by atoms with Gasteiger partial charge in [0.25, 0.3) is 10.0 Å². The molecule has 1 unspecified atom stereocenters. The molecular weight excluding hydrogens is 398 g/mol. The number of nitrogens with one attached hydrogen (secondary N) is 3. The third-order valence-electron chi connectivity index (χ3n) is 4.64. The van der Waals surface area contributed by atoms with Crippen molar-refractivity contribution in [2.24, 2.45) is 0 Å². The number of amides is 1. The molecule has 0 radical (unpaired) electrons. The van der Waals surface area contributed by atoms with Crippen molar-refractivity contribution in [2.45, 2.75) is 44.0 Å². The summed E-state index contributed by atoms with van der Waals surface area (Å²) in [6.45, 7) is 4.46. The van der Waals surface area contributed by atoms with Crippen molar-refractivity contribution >= 4 is 39.7 Å². The minimum absolute atomic E-state index is 0. The van der Waals surface area contributed by atoms with Gasteiger partial charge < -0.3 is 10.6 Å². The molecular formula is C20H26ClN3O3S. The van der Waals surface area contributed by atoms with Crippen LogP contribution >= 0.6 is 12.4 Å². The van der Waals surface area contributed by atoms with Crippen molar-refractivity contribution in [3.05, 3.63) is 53.6 Å². The summed E-state index contributed by atoms with van der Waals surface area (Å²) in [5, 5.41) is 6.02. The zero-order valence-corrected chi connectivity index (χ0v) is 17.6. The highest BCUT2D eigenvalue weighted by Gasteiger charge is 2.22. The molecule has 8 heteroatoms. The molecule has 3 N–H and O–H groups in total. The number of rotatable bonds is 5. The maximum Gasteiger partial charge on any atom is 0.262 e. The summed E-state index contributed by atoms with van der Waals surface area (Å²) in [7, 11) is -3.76. The monoisotopic (exact) mass is 423 g/mol. The molecule has 1 atom stereocenters. The van der Waals surface area contributed by atoms with Crippen molar-refractivity contribution in [1.29, 1.82) is 0 Å². The molecule has 0 saturated carbocycles. The van der Waals surface area contributed by atoms with Gasteiger partial charge in [0.2, 0.25) is 5.91 Å². The fraction of sp³-hybridized carbons (Fsp3) is 0.350. The van der Waals surface area contributed by atoms with E-state index in [4.69, 9.17) is 0 Å². The van der Waals surface area contributed by atoms with E-state index in [1.807, 2.05) is 13.0 Å². The van der Waals surface area contributed by atoms with Gasteiger partial charge in [-0.15, -0.1) is 12.4 Å². The molecule has 1 aliphatic heterocycles. The highest BCUT2D eigenvalue weighted by Crippen LogP contribution is 2.24. The van der Waals surface area contributed by atoms with Gasteiger partial charge in [-0.2, -0.15) is 0 Å². The quantitative estimate of drug-likeness (QED) is 0.685. The largest absolute Gasteiger partial charge is 0.325 e. The minimum Gasteiger partial charge on any atom is -0.325 e. The van der Waals surface area contributed by atoms with E-state index in [9.17, 15) is 13.2 Å². The summed E-state index contributed by atoms with van der Waals surface area (Å²) in [5.74, 6) is -0.131. The molecule has 152 valence electrons. The van der Waals surface area contributed by atoms with Crippen LogP contribution in [0.5, 0.6) is 0 Å².